The molecule has 27 heavy (non-hydrogen) atoms. The van der Waals surface area contributed by atoms with Crippen molar-refractivity contribution in [2.45, 2.75) is 20.4 Å². The lowest BCUT2D eigenvalue weighted by atomic mass is 10.1. The van der Waals surface area contributed by atoms with Crippen LogP contribution in [0.25, 0.3) is 0 Å². The minimum absolute atomic E-state index is 0. The fourth-order valence-corrected chi connectivity index (χ4v) is 2.39. The molecular weight excluding hydrogens is 458 g/mol. The topological polar surface area (TPSA) is 65.5 Å². The van der Waals surface area contributed by atoms with Gasteiger partial charge in [-0.2, -0.15) is 0 Å². The van der Waals surface area contributed by atoms with Crippen molar-refractivity contribution >= 4 is 35.8 Å². The van der Waals surface area contributed by atoms with E-state index in [2.05, 4.69) is 20.9 Å². The number of nitrogens with one attached hydrogen (secondary N) is 3. The first-order valence-electron chi connectivity index (χ1n) is 8.70. The summed E-state index contributed by atoms with van der Waals surface area (Å²) in [4.78, 5) is 16.5. The molecule has 1 amide bonds. The van der Waals surface area contributed by atoms with Crippen molar-refractivity contribution in [3.05, 3.63) is 71.0 Å². The maximum atomic E-state index is 13.2. The Bertz CT molecular complexity index is 767. The fourth-order valence-electron chi connectivity index (χ4n) is 2.39. The molecule has 0 radical (unpaired) electrons. The van der Waals surface area contributed by atoms with Gasteiger partial charge in [0.25, 0.3) is 5.91 Å². The normalized spacial score (nSPS) is 10.7. The fraction of sp³-hybridized carbons (Fsp3) is 0.300. The molecule has 7 heteroatoms. The Morgan fingerprint density at radius 2 is 1.78 bits per heavy atom. The second-order valence-corrected chi connectivity index (χ2v) is 5.88. The van der Waals surface area contributed by atoms with Gasteiger partial charge in [-0.3, -0.25) is 4.79 Å². The van der Waals surface area contributed by atoms with E-state index < -0.39 is 0 Å². The minimum atomic E-state index is -0.269. The number of halogens is 2. The molecular formula is C20H26FIN4O. The van der Waals surface area contributed by atoms with Crippen LogP contribution in [0, 0.1) is 12.7 Å². The molecule has 0 aromatic heterocycles. The van der Waals surface area contributed by atoms with Gasteiger partial charge in [0.2, 0.25) is 0 Å². The van der Waals surface area contributed by atoms with E-state index in [1.165, 1.54) is 12.1 Å². The monoisotopic (exact) mass is 484 g/mol. The summed E-state index contributed by atoms with van der Waals surface area (Å²) in [6.07, 6.45) is 0. The third-order valence-electron chi connectivity index (χ3n) is 3.64. The highest BCUT2D eigenvalue weighted by atomic mass is 127. The van der Waals surface area contributed by atoms with Gasteiger partial charge in [-0.15, -0.1) is 24.0 Å². The summed E-state index contributed by atoms with van der Waals surface area (Å²) in [5.41, 5.74) is 2.50. The number of carbonyl (C=O) groups excluding carboxylic acids is 1. The van der Waals surface area contributed by atoms with Gasteiger partial charge in [0.15, 0.2) is 5.96 Å². The van der Waals surface area contributed by atoms with Crippen LogP contribution in [0.4, 0.5) is 4.39 Å². The Morgan fingerprint density at radius 1 is 1.04 bits per heavy atom. The molecule has 0 bridgehead atoms. The molecule has 5 nitrogen and oxygen atoms in total. The third-order valence-corrected chi connectivity index (χ3v) is 3.64. The Kier molecular flexibility index (Phi) is 10.4. The van der Waals surface area contributed by atoms with Crippen molar-refractivity contribution in [3.63, 3.8) is 0 Å². The highest BCUT2D eigenvalue weighted by Gasteiger charge is 2.04. The Balaban J connectivity index is 0.00000364. The lowest BCUT2D eigenvalue weighted by molar-refractivity contribution is 0.0954. The molecule has 2 aromatic carbocycles. The minimum Gasteiger partial charge on any atom is -0.357 e. The van der Waals surface area contributed by atoms with Crippen LogP contribution in [0.1, 0.15) is 28.4 Å². The SMILES string of the molecule is CCNC(=NCc1cccc(F)c1)NCCNC(=O)c1cccc(C)c1.I. The molecule has 0 aliphatic heterocycles. The molecule has 0 unspecified atom stereocenters. The van der Waals surface area contributed by atoms with Crippen LogP contribution in [-0.4, -0.2) is 31.5 Å². The molecule has 0 aliphatic rings. The van der Waals surface area contributed by atoms with Crippen molar-refractivity contribution in [2.24, 2.45) is 4.99 Å². The Morgan fingerprint density at radius 3 is 2.48 bits per heavy atom. The van der Waals surface area contributed by atoms with E-state index in [9.17, 15) is 9.18 Å². The first-order chi connectivity index (χ1) is 12.6. The summed E-state index contributed by atoms with van der Waals surface area (Å²) in [6, 6.07) is 13.8. The lowest BCUT2D eigenvalue weighted by Crippen LogP contribution is -2.41. The van der Waals surface area contributed by atoms with E-state index >= 15 is 0 Å². The highest BCUT2D eigenvalue weighted by molar-refractivity contribution is 14.0. The number of hydrogen-bond donors (Lipinski definition) is 3. The standard InChI is InChI=1S/C20H25FN4O.HI/c1-3-22-20(25-14-16-7-5-9-18(21)13-16)24-11-10-23-19(26)17-8-4-6-15(2)12-17;/h4-9,12-13H,3,10-11,14H2,1-2H3,(H,23,26)(H2,22,24,25);1H. The molecule has 2 aromatic rings. The number of carbonyl (C=O) groups is 1. The zero-order valence-electron chi connectivity index (χ0n) is 15.6. The molecule has 0 saturated heterocycles. The first-order valence-corrected chi connectivity index (χ1v) is 8.70. The quantitative estimate of drug-likeness (QED) is 0.245. The van der Waals surface area contributed by atoms with Gasteiger partial charge in [-0.05, 0) is 43.7 Å². The zero-order chi connectivity index (χ0) is 18.8. The van der Waals surface area contributed by atoms with Crippen LogP contribution in [-0.2, 0) is 6.54 Å². The van der Waals surface area contributed by atoms with Gasteiger partial charge < -0.3 is 16.0 Å². The van der Waals surface area contributed by atoms with Crippen LogP contribution in [0.15, 0.2) is 53.5 Å². The zero-order valence-corrected chi connectivity index (χ0v) is 17.9. The number of guanidine groups is 1. The smallest absolute Gasteiger partial charge is 0.251 e. The van der Waals surface area contributed by atoms with Crippen molar-refractivity contribution in [2.75, 3.05) is 19.6 Å². The summed E-state index contributed by atoms with van der Waals surface area (Å²) in [6.45, 7) is 6.02. The van der Waals surface area contributed by atoms with Gasteiger partial charge in [0.1, 0.15) is 5.82 Å². The van der Waals surface area contributed by atoms with Crippen LogP contribution in [0.3, 0.4) is 0 Å². The number of amides is 1. The van der Waals surface area contributed by atoms with Crippen LogP contribution in [0.2, 0.25) is 0 Å². The van der Waals surface area contributed by atoms with Crippen molar-refractivity contribution in [1.82, 2.24) is 16.0 Å². The Hall–Kier alpha value is -2.16. The van der Waals surface area contributed by atoms with Gasteiger partial charge in [0, 0.05) is 25.2 Å². The van der Waals surface area contributed by atoms with Crippen LogP contribution >= 0.6 is 24.0 Å². The molecule has 146 valence electrons. The molecule has 0 atom stereocenters. The van der Waals surface area contributed by atoms with E-state index in [0.717, 1.165) is 11.1 Å². The van der Waals surface area contributed by atoms with E-state index in [4.69, 9.17) is 0 Å². The molecule has 0 fully saturated rings. The van der Waals surface area contributed by atoms with Gasteiger partial charge in [-0.25, -0.2) is 9.38 Å². The average molecular weight is 484 g/mol. The molecule has 2 rings (SSSR count). The summed E-state index contributed by atoms with van der Waals surface area (Å²) in [5, 5.41) is 9.15. The van der Waals surface area contributed by atoms with E-state index in [-0.39, 0.29) is 35.7 Å². The summed E-state index contributed by atoms with van der Waals surface area (Å²) in [5.74, 6) is 0.258. The second-order valence-electron chi connectivity index (χ2n) is 5.88. The van der Waals surface area contributed by atoms with Gasteiger partial charge in [0.05, 0.1) is 6.54 Å². The number of aliphatic imine (C=N–C) groups is 1. The largest absolute Gasteiger partial charge is 0.357 e. The van der Waals surface area contributed by atoms with Crippen LogP contribution < -0.4 is 16.0 Å². The first kappa shape index (κ1) is 22.9. The molecule has 0 saturated carbocycles. The number of hydrogen-bond acceptors (Lipinski definition) is 2. The number of aryl methyl sites for hydroxylation is 1. The van der Waals surface area contributed by atoms with Crippen molar-refractivity contribution in [1.29, 1.82) is 0 Å². The van der Waals surface area contributed by atoms with E-state index in [1.54, 1.807) is 12.1 Å². The van der Waals surface area contributed by atoms with Gasteiger partial charge in [-0.1, -0.05) is 29.8 Å². The van der Waals surface area contributed by atoms with Crippen molar-refractivity contribution < 1.29 is 9.18 Å². The predicted octanol–water partition coefficient (Wildman–Crippen LogP) is 3.24. The van der Waals surface area contributed by atoms with Crippen LogP contribution in [0.5, 0.6) is 0 Å². The number of rotatable bonds is 7. The van der Waals surface area contributed by atoms with E-state index in [1.807, 2.05) is 38.1 Å². The third kappa shape index (κ3) is 8.38. The van der Waals surface area contributed by atoms with Gasteiger partial charge >= 0.3 is 0 Å². The van der Waals surface area contributed by atoms with Crippen molar-refractivity contribution in [3.8, 4) is 0 Å². The molecule has 0 heterocycles. The predicted molar refractivity (Wildman–Crippen MR) is 118 cm³/mol. The van der Waals surface area contributed by atoms with E-state index in [0.29, 0.717) is 37.7 Å². The summed E-state index contributed by atoms with van der Waals surface area (Å²) in [7, 11) is 0. The molecule has 0 aliphatic carbocycles. The molecule has 3 N–H and O–H groups in total. The maximum Gasteiger partial charge on any atom is 0.251 e. The second kappa shape index (κ2) is 12.3. The molecule has 0 spiro atoms. The number of nitrogens with zero attached hydrogens (tertiary/aromatic N) is 1. The maximum absolute atomic E-state index is 13.2. The lowest BCUT2D eigenvalue weighted by Gasteiger charge is -2.12. The summed E-state index contributed by atoms with van der Waals surface area (Å²) < 4.78 is 13.2. The average Bonchev–Trinajstić information content (AvgIpc) is 2.63. The highest BCUT2D eigenvalue weighted by Crippen LogP contribution is 2.05. The number of benzene rings is 2. The summed E-state index contributed by atoms with van der Waals surface area (Å²) >= 11 is 0. The Labute approximate surface area is 176 Å².